The van der Waals surface area contributed by atoms with Gasteiger partial charge in [-0.05, 0) is 45.8 Å². The smallest absolute Gasteiger partial charge is 0.251 e. The third-order valence-electron chi connectivity index (χ3n) is 3.37. The van der Waals surface area contributed by atoms with E-state index >= 15 is 0 Å². The van der Waals surface area contributed by atoms with Crippen LogP contribution in [0, 0.1) is 0 Å². The minimum Gasteiger partial charge on any atom is -0.394 e. The number of hydrogen-bond donors (Lipinski definition) is 2. The minimum atomic E-state index is -2.28. The van der Waals surface area contributed by atoms with Gasteiger partial charge in [-0.25, -0.2) is 8.78 Å². The Balaban J connectivity index is 4.03. The molecule has 0 spiro atoms. The highest BCUT2D eigenvalue weighted by Gasteiger charge is 2.25. The largest absolute Gasteiger partial charge is 0.394 e. The van der Waals surface area contributed by atoms with Gasteiger partial charge >= 0.3 is 0 Å². The van der Waals surface area contributed by atoms with Crippen LogP contribution >= 0.6 is 0 Å². The van der Waals surface area contributed by atoms with Crippen molar-refractivity contribution in [2.24, 2.45) is 0 Å². The second kappa shape index (κ2) is 9.64. The Hall–Kier alpha value is -0.260. The molecule has 0 amide bonds. The quantitative estimate of drug-likeness (QED) is 0.601. The molecule has 1 atom stereocenters. The fourth-order valence-electron chi connectivity index (χ4n) is 2.04. The van der Waals surface area contributed by atoms with Gasteiger partial charge < -0.3 is 15.3 Å². The molecule has 0 saturated heterocycles. The number of alkyl halides is 2. The number of nitrogens with one attached hydrogen (secondary N) is 1. The Labute approximate surface area is 110 Å². The summed E-state index contributed by atoms with van der Waals surface area (Å²) in [5, 5.41) is 12.9. The highest BCUT2D eigenvalue weighted by molar-refractivity contribution is 4.86. The van der Waals surface area contributed by atoms with E-state index < -0.39 is 6.43 Å². The summed E-state index contributed by atoms with van der Waals surface area (Å²) in [6.45, 7) is 5.56. The Morgan fingerprint density at radius 1 is 1.33 bits per heavy atom. The minimum absolute atomic E-state index is 0.0993. The van der Waals surface area contributed by atoms with E-state index in [0.717, 1.165) is 32.2 Å². The summed E-state index contributed by atoms with van der Waals surface area (Å²) in [4.78, 5) is 1.64. The highest BCUT2D eigenvalue weighted by Crippen LogP contribution is 2.17. The highest BCUT2D eigenvalue weighted by atomic mass is 19.3. The first kappa shape index (κ1) is 17.7. The third-order valence-corrected chi connectivity index (χ3v) is 3.37. The topological polar surface area (TPSA) is 35.5 Å². The van der Waals surface area contributed by atoms with Gasteiger partial charge in [0.05, 0.1) is 13.2 Å². The Bertz CT molecular complexity index is 199. The zero-order valence-electron chi connectivity index (χ0n) is 11.9. The van der Waals surface area contributed by atoms with Crippen molar-refractivity contribution < 1.29 is 13.9 Å². The van der Waals surface area contributed by atoms with Gasteiger partial charge in [0.2, 0.25) is 0 Å². The molecule has 0 aliphatic carbocycles. The van der Waals surface area contributed by atoms with Crippen LogP contribution in [0.4, 0.5) is 8.78 Å². The van der Waals surface area contributed by atoms with Gasteiger partial charge in [0, 0.05) is 5.54 Å². The van der Waals surface area contributed by atoms with Crippen LogP contribution in [0.5, 0.6) is 0 Å². The molecule has 110 valence electrons. The fraction of sp³-hybridized carbons (Fsp3) is 1.00. The van der Waals surface area contributed by atoms with Crippen molar-refractivity contribution in [3.8, 4) is 0 Å². The molecule has 0 rings (SSSR count). The molecule has 5 heteroatoms. The van der Waals surface area contributed by atoms with Crippen LogP contribution in [0.15, 0.2) is 0 Å². The normalized spacial score (nSPS) is 15.3. The molecule has 0 fully saturated rings. The van der Waals surface area contributed by atoms with Gasteiger partial charge in [0.1, 0.15) is 0 Å². The van der Waals surface area contributed by atoms with Gasteiger partial charge in [-0.3, -0.25) is 0 Å². The maximum atomic E-state index is 12.2. The van der Waals surface area contributed by atoms with Crippen molar-refractivity contribution >= 4 is 0 Å². The molecule has 0 saturated carbocycles. The Morgan fingerprint density at radius 3 is 2.44 bits per heavy atom. The summed E-state index contributed by atoms with van der Waals surface area (Å²) in [7, 11) is 1.71. The van der Waals surface area contributed by atoms with Gasteiger partial charge in [-0.15, -0.1) is 0 Å². The van der Waals surface area contributed by atoms with Crippen molar-refractivity contribution in [1.29, 1.82) is 0 Å². The molecule has 0 radical (unpaired) electrons. The number of rotatable bonds is 11. The first-order valence-corrected chi connectivity index (χ1v) is 6.82. The predicted octanol–water partition coefficient (Wildman–Crippen LogP) is 2.10. The maximum Gasteiger partial charge on any atom is 0.251 e. The second-order valence-corrected chi connectivity index (χ2v) is 4.98. The third kappa shape index (κ3) is 7.24. The summed E-state index contributed by atoms with van der Waals surface area (Å²) in [6, 6.07) is 0. The lowest BCUT2D eigenvalue weighted by atomic mass is 9.91. The monoisotopic (exact) mass is 266 g/mol. The lowest BCUT2D eigenvalue weighted by molar-refractivity contribution is 0.0947. The molecule has 0 aromatic carbocycles. The van der Waals surface area contributed by atoms with Gasteiger partial charge in [-0.1, -0.05) is 13.8 Å². The summed E-state index contributed by atoms with van der Waals surface area (Å²) in [6.07, 6.45) is 1.22. The van der Waals surface area contributed by atoms with E-state index in [2.05, 4.69) is 12.2 Å². The van der Waals surface area contributed by atoms with Crippen LogP contribution in [0.1, 0.15) is 39.5 Å². The zero-order valence-corrected chi connectivity index (χ0v) is 11.9. The van der Waals surface area contributed by atoms with Crippen molar-refractivity contribution in [2.75, 3.05) is 33.3 Å². The van der Waals surface area contributed by atoms with Crippen LogP contribution in [-0.4, -0.2) is 55.3 Å². The van der Waals surface area contributed by atoms with E-state index in [0.29, 0.717) is 6.54 Å². The van der Waals surface area contributed by atoms with Gasteiger partial charge in [0.25, 0.3) is 6.43 Å². The number of aliphatic hydroxyl groups is 1. The van der Waals surface area contributed by atoms with E-state index in [1.54, 1.807) is 11.9 Å². The van der Waals surface area contributed by atoms with E-state index in [1.807, 2.05) is 6.92 Å². The van der Waals surface area contributed by atoms with Crippen molar-refractivity contribution in [1.82, 2.24) is 10.2 Å². The summed E-state index contributed by atoms with van der Waals surface area (Å²) >= 11 is 0. The lowest BCUT2D eigenvalue weighted by Crippen LogP contribution is -2.48. The van der Waals surface area contributed by atoms with Crippen LogP contribution in [0.3, 0.4) is 0 Å². The van der Waals surface area contributed by atoms with Crippen LogP contribution in [-0.2, 0) is 0 Å². The molecule has 3 nitrogen and oxygen atoms in total. The standard InChI is InChI=1S/C13H28F2N2O/c1-4-8-16-13(5-2,11-18)7-6-9-17(3)10-12(14)15/h12,16,18H,4-11H2,1-3H3. The second-order valence-electron chi connectivity index (χ2n) is 4.98. The number of hydrogen-bond acceptors (Lipinski definition) is 3. The van der Waals surface area contributed by atoms with E-state index in [4.69, 9.17) is 0 Å². The van der Waals surface area contributed by atoms with E-state index in [-0.39, 0.29) is 18.7 Å². The fourth-order valence-corrected chi connectivity index (χ4v) is 2.04. The van der Waals surface area contributed by atoms with E-state index in [9.17, 15) is 13.9 Å². The molecule has 0 aromatic heterocycles. The molecule has 2 N–H and O–H groups in total. The molecule has 0 bridgehead atoms. The van der Waals surface area contributed by atoms with Crippen LogP contribution < -0.4 is 5.32 Å². The Kier molecular flexibility index (Phi) is 9.50. The first-order valence-electron chi connectivity index (χ1n) is 6.82. The number of halogens is 2. The molecule has 1 unspecified atom stereocenters. The SMILES string of the molecule is CCCNC(CC)(CO)CCCN(C)CC(F)F. The summed E-state index contributed by atoms with van der Waals surface area (Å²) in [5.41, 5.74) is -0.248. The zero-order chi connectivity index (χ0) is 14.0. The van der Waals surface area contributed by atoms with Crippen LogP contribution in [0.25, 0.3) is 0 Å². The molecule has 0 aliphatic rings. The average molecular weight is 266 g/mol. The van der Waals surface area contributed by atoms with E-state index in [1.165, 1.54) is 0 Å². The molecule has 0 aliphatic heterocycles. The molecular weight excluding hydrogens is 238 g/mol. The van der Waals surface area contributed by atoms with Gasteiger partial charge in [-0.2, -0.15) is 0 Å². The number of aliphatic hydroxyl groups excluding tert-OH is 1. The average Bonchev–Trinajstić information content (AvgIpc) is 2.33. The molecule has 0 heterocycles. The van der Waals surface area contributed by atoms with Crippen molar-refractivity contribution in [3.05, 3.63) is 0 Å². The molecule has 18 heavy (non-hydrogen) atoms. The van der Waals surface area contributed by atoms with Gasteiger partial charge in [0.15, 0.2) is 0 Å². The molecular formula is C13H28F2N2O. The van der Waals surface area contributed by atoms with Crippen molar-refractivity contribution in [2.45, 2.75) is 51.5 Å². The predicted molar refractivity (Wildman–Crippen MR) is 71.1 cm³/mol. The number of nitrogens with zero attached hydrogens (tertiary/aromatic N) is 1. The lowest BCUT2D eigenvalue weighted by Gasteiger charge is -2.33. The summed E-state index contributed by atoms with van der Waals surface area (Å²) in [5.74, 6) is 0. The van der Waals surface area contributed by atoms with Crippen LogP contribution in [0.2, 0.25) is 0 Å². The summed E-state index contributed by atoms with van der Waals surface area (Å²) < 4.78 is 24.3. The molecule has 0 aromatic rings. The Morgan fingerprint density at radius 2 is 2.00 bits per heavy atom. The van der Waals surface area contributed by atoms with Crippen molar-refractivity contribution in [3.63, 3.8) is 0 Å². The first-order chi connectivity index (χ1) is 8.49. The maximum absolute atomic E-state index is 12.2.